The highest BCUT2D eigenvalue weighted by molar-refractivity contribution is 5.91. The molecule has 2 N–H and O–H groups in total. The quantitative estimate of drug-likeness (QED) is 0.169. The Morgan fingerprint density at radius 1 is 0.840 bits per heavy atom. The van der Waals surface area contributed by atoms with Crippen molar-refractivity contribution in [3.8, 4) is 16.9 Å². The summed E-state index contributed by atoms with van der Waals surface area (Å²) >= 11 is 0. The minimum atomic E-state index is -1.13. The van der Waals surface area contributed by atoms with Crippen LogP contribution in [0.15, 0.2) is 97.1 Å². The van der Waals surface area contributed by atoms with Crippen LogP contribution in [0.5, 0.6) is 5.75 Å². The summed E-state index contributed by atoms with van der Waals surface area (Å²) in [4.78, 5) is 41.8. The van der Waals surface area contributed by atoms with Crippen LogP contribution in [0, 0.1) is 5.92 Å². The van der Waals surface area contributed by atoms with Crippen molar-refractivity contribution in [1.82, 2.24) is 10.2 Å². The van der Waals surface area contributed by atoms with Crippen molar-refractivity contribution in [1.29, 1.82) is 0 Å². The van der Waals surface area contributed by atoms with Gasteiger partial charge in [-0.3, -0.25) is 9.59 Å². The maximum Gasteiger partial charge on any atom is 0.326 e. The van der Waals surface area contributed by atoms with Gasteiger partial charge in [0.1, 0.15) is 24.4 Å². The highest BCUT2D eigenvalue weighted by Crippen LogP contribution is 2.32. The summed E-state index contributed by atoms with van der Waals surface area (Å²) in [5, 5.41) is 12.9. The fourth-order valence-corrected chi connectivity index (χ4v) is 7.16. The summed E-state index contributed by atoms with van der Waals surface area (Å²) in [5.74, 6) is -0.587. The smallest absolute Gasteiger partial charge is 0.326 e. The molecule has 260 valence electrons. The average molecular weight is 673 g/mol. The first kappa shape index (κ1) is 34.9. The Morgan fingerprint density at radius 2 is 1.50 bits per heavy atom. The monoisotopic (exact) mass is 672 g/mol. The summed E-state index contributed by atoms with van der Waals surface area (Å²) in [6, 6.07) is 30.1. The number of hydrogen-bond acceptors (Lipinski definition) is 4. The van der Waals surface area contributed by atoms with Crippen LogP contribution in [0.3, 0.4) is 0 Å². The first-order chi connectivity index (χ1) is 24.0. The lowest BCUT2D eigenvalue weighted by atomic mass is 9.87. The van der Waals surface area contributed by atoms with E-state index in [1.165, 1.54) is 5.56 Å². The molecule has 50 heavy (non-hydrogen) atoms. The third kappa shape index (κ3) is 8.62. The molecule has 4 aromatic carbocycles. The number of ether oxygens (including phenoxy) is 1. The molecule has 2 amide bonds. The fraction of sp³-hybridized carbons (Fsp3) is 0.372. The molecule has 0 aromatic heterocycles. The minimum absolute atomic E-state index is 0.0589. The molecule has 1 aliphatic carbocycles. The largest absolute Gasteiger partial charge is 0.489 e. The van der Waals surface area contributed by atoms with Crippen LogP contribution in [-0.4, -0.2) is 39.9 Å². The Balaban J connectivity index is 1.16. The zero-order valence-electron chi connectivity index (χ0n) is 29.4. The van der Waals surface area contributed by atoms with E-state index in [1.807, 2.05) is 72.8 Å². The van der Waals surface area contributed by atoms with Crippen LogP contribution in [-0.2, 0) is 45.8 Å². The van der Waals surface area contributed by atoms with Gasteiger partial charge in [0, 0.05) is 25.8 Å². The lowest BCUT2D eigenvalue weighted by molar-refractivity contribution is -0.145. The van der Waals surface area contributed by atoms with Crippen LogP contribution in [0.25, 0.3) is 11.1 Å². The van der Waals surface area contributed by atoms with Gasteiger partial charge in [0.15, 0.2) is 0 Å². The highest BCUT2D eigenvalue weighted by atomic mass is 16.5. The van der Waals surface area contributed by atoms with Crippen LogP contribution in [0.1, 0.15) is 80.7 Å². The van der Waals surface area contributed by atoms with E-state index in [0.29, 0.717) is 31.1 Å². The second-order valence-electron chi connectivity index (χ2n) is 14.9. The van der Waals surface area contributed by atoms with Crippen LogP contribution in [0.2, 0.25) is 0 Å². The van der Waals surface area contributed by atoms with E-state index in [1.54, 1.807) is 4.90 Å². The van der Waals surface area contributed by atoms with E-state index in [0.717, 1.165) is 59.1 Å². The van der Waals surface area contributed by atoms with Crippen molar-refractivity contribution in [2.24, 2.45) is 5.92 Å². The molecule has 2 aliphatic rings. The van der Waals surface area contributed by atoms with E-state index in [9.17, 15) is 19.5 Å². The number of hydrogen-bond donors (Lipinski definition) is 2. The number of nitrogens with zero attached hydrogens (tertiary/aromatic N) is 1. The number of carboxylic acids is 1. The molecule has 0 bridgehead atoms. The Hall–Kier alpha value is -4.91. The molecular formula is C43H48N2O5. The number of aliphatic carboxylic acids is 1. The van der Waals surface area contributed by atoms with Crippen molar-refractivity contribution >= 4 is 17.8 Å². The van der Waals surface area contributed by atoms with Crippen LogP contribution in [0.4, 0.5) is 0 Å². The van der Waals surface area contributed by atoms with Crippen LogP contribution < -0.4 is 10.1 Å². The van der Waals surface area contributed by atoms with Gasteiger partial charge in [0.25, 0.3) is 0 Å². The van der Waals surface area contributed by atoms with Gasteiger partial charge in [0.05, 0.1) is 0 Å². The van der Waals surface area contributed by atoms with Gasteiger partial charge < -0.3 is 20.1 Å². The third-order valence-electron chi connectivity index (χ3n) is 10.2. The van der Waals surface area contributed by atoms with Crippen molar-refractivity contribution in [2.45, 2.75) is 96.4 Å². The first-order valence-corrected chi connectivity index (χ1v) is 17.8. The summed E-state index contributed by atoms with van der Waals surface area (Å²) < 4.78 is 6.18. The standard InChI is InChI=1S/C43H48N2O5/c1-43(2,3)36-20-15-31(16-21-36)28-50-37-22-19-34-26-39(45(27-35(34)25-37)40(46)24-29-9-7-8-10-29)41(47)44-38(42(48)49)23-30-13-17-33(18-14-30)32-11-5-4-6-12-32/h4-6,11-22,25,29,38-39H,7-10,23-24,26-28H2,1-3H3,(H,44,47)(H,48,49)/t38-,39?/m0/s1. The number of benzene rings is 4. The average Bonchev–Trinajstić information content (AvgIpc) is 3.63. The molecule has 1 unspecified atom stereocenters. The van der Waals surface area contributed by atoms with Gasteiger partial charge in [-0.1, -0.05) is 119 Å². The molecule has 0 spiro atoms. The Kier molecular flexibility index (Phi) is 10.7. The number of nitrogens with one attached hydrogen (secondary N) is 1. The molecule has 7 nitrogen and oxygen atoms in total. The van der Waals surface area contributed by atoms with E-state index in [-0.39, 0.29) is 24.3 Å². The maximum absolute atomic E-state index is 13.9. The van der Waals surface area contributed by atoms with Gasteiger partial charge in [-0.25, -0.2) is 4.79 Å². The topological polar surface area (TPSA) is 95.9 Å². The molecule has 1 fully saturated rings. The lowest BCUT2D eigenvalue weighted by Crippen LogP contribution is -2.56. The highest BCUT2D eigenvalue weighted by Gasteiger charge is 2.37. The number of carboxylic acid groups (broad SMARTS) is 1. The normalized spacial score (nSPS) is 16.8. The fourth-order valence-electron chi connectivity index (χ4n) is 7.16. The van der Waals surface area contributed by atoms with Crippen molar-refractivity contribution in [3.63, 3.8) is 0 Å². The van der Waals surface area contributed by atoms with E-state index in [4.69, 9.17) is 4.74 Å². The molecule has 6 rings (SSSR count). The SMILES string of the molecule is CC(C)(C)c1ccc(COc2ccc3c(c2)CN(C(=O)CC2CCCC2)C(C(=O)N[C@@H](Cc2ccc(-c4ccccc4)cc2)C(=O)O)C3)cc1. The zero-order chi connectivity index (χ0) is 35.3. The zero-order valence-corrected chi connectivity index (χ0v) is 29.4. The number of carbonyl (C=O) groups excluding carboxylic acids is 2. The summed E-state index contributed by atoms with van der Waals surface area (Å²) in [6.07, 6.45) is 5.13. The molecule has 1 heterocycles. The predicted molar refractivity (Wildman–Crippen MR) is 196 cm³/mol. The summed E-state index contributed by atoms with van der Waals surface area (Å²) in [5.41, 5.74) is 7.24. The molecule has 7 heteroatoms. The van der Waals surface area contributed by atoms with Gasteiger partial charge in [0.2, 0.25) is 11.8 Å². The predicted octanol–water partition coefficient (Wildman–Crippen LogP) is 7.88. The maximum atomic E-state index is 13.9. The molecule has 1 saturated carbocycles. The second-order valence-corrected chi connectivity index (χ2v) is 14.9. The summed E-state index contributed by atoms with van der Waals surface area (Å²) in [6.45, 7) is 7.27. The molecule has 0 saturated heterocycles. The summed E-state index contributed by atoms with van der Waals surface area (Å²) in [7, 11) is 0. The van der Waals surface area contributed by atoms with Gasteiger partial charge >= 0.3 is 5.97 Å². The Bertz CT molecular complexity index is 1790. The number of amides is 2. The van der Waals surface area contributed by atoms with Crippen LogP contribution >= 0.6 is 0 Å². The first-order valence-electron chi connectivity index (χ1n) is 17.8. The Labute approximate surface area is 295 Å². The van der Waals surface area contributed by atoms with Crippen molar-refractivity contribution in [2.75, 3.05) is 0 Å². The van der Waals surface area contributed by atoms with E-state index < -0.39 is 24.0 Å². The van der Waals surface area contributed by atoms with E-state index in [2.05, 4.69) is 50.4 Å². The van der Waals surface area contributed by atoms with Gasteiger partial charge in [-0.2, -0.15) is 0 Å². The second kappa shape index (κ2) is 15.3. The number of carbonyl (C=O) groups is 3. The minimum Gasteiger partial charge on any atom is -0.489 e. The molecule has 2 atom stereocenters. The van der Waals surface area contributed by atoms with Gasteiger partial charge in [-0.05, 0) is 75.3 Å². The third-order valence-corrected chi connectivity index (χ3v) is 10.2. The molecular weight excluding hydrogens is 624 g/mol. The van der Waals surface area contributed by atoms with Gasteiger partial charge in [-0.15, -0.1) is 0 Å². The Morgan fingerprint density at radius 3 is 2.16 bits per heavy atom. The van der Waals surface area contributed by atoms with Crippen molar-refractivity contribution in [3.05, 3.63) is 125 Å². The van der Waals surface area contributed by atoms with Crippen molar-refractivity contribution < 1.29 is 24.2 Å². The van der Waals surface area contributed by atoms with E-state index >= 15 is 0 Å². The lowest BCUT2D eigenvalue weighted by Gasteiger charge is -2.37. The number of rotatable bonds is 11. The molecule has 4 aromatic rings. The molecule has 1 aliphatic heterocycles. The number of fused-ring (bicyclic) bond motifs is 1. The molecule has 0 radical (unpaired) electrons.